The average Bonchev–Trinajstić information content (AvgIpc) is 2.59. The van der Waals surface area contributed by atoms with E-state index in [0.29, 0.717) is 23.6 Å². The van der Waals surface area contributed by atoms with Crippen LogP contribution < -0.4 is 5.32 Å². The molecule has 130 valence electrons. The van der Waals surface area contributed by atoms with Crippen molar-refractivity contribution >= 4 is 5.97 Å². The number of carbonyl (C=O) groups is 1. The molecule has 0 bridgehead atoms. The number of fused-ring (bicyclic) bond motifs is 1. The van der Waals surface area contributed by atoms with Gasteiger partial charge in [0.25, 0.3) is 0 Å². The number of esters is 1. The maximum absolute atomic E-state index is 14.5. The van der Waals surface area contributed by atoms with E-state index in [0.717, 1.165) is 37.2 Å². The van der Waals surface area contributed by atoms with Crippen LogP contribution in [0, 0.1) is 11.2 Å². The van der Waals surface area contributed by atoms with Crippen LogP contribution in [0.1, 0.15) is 47.2 Å². The second-order valence-corrected chi connectivity index (χ2v) is 7.65. The molecule has 4 rings (SSSR count). The highest BCUT2D eigenvalue weighted by molar-refractivity contribution is 5.89. The lowest BCUT2D eigenvalue weighted by molar-refractivity contribution is -0.0221. The van der Waals surface area contributed by atoms with Crippen molar-refractivity contribution < 1.29 is 13.9 Å². The Kier molecular flexibility index (Phi) is 4.09. The van der Waals surface area contributed by atoms with E-state index < -0.39 is 5.97 Å². The Morgan fingerprint density at radius 3 is 2.96 bits per heavy atom. The van der Waals surface area contributed by atoms with E-state index in [2.05, 4.69) is 10.2 Å². The molecule has 0 radical (unpaired) electrons. The molecule has 4 nitrogen and oxygen atoms in total. The first-order valence-electron chi connectivity index (χ1n) is 8.95. The third-order valence-corrected chi connectivity index (χ3v) is 6.15. The summed E-state index contributed by atoms with van der Waals surface area (Å²) < 4.78 is 19.2. The number of hydrogen-bond acceptors (Lipinski definition) is 4. The van der Waals surface area contributed by atoms with Gasteiger partial charge in [0.1, 0.15) is 5.82 Å². The van der Waals surface area contributed by atoms with E-state index in [1.54, 1.807) is 6.07 Å². The molecule has 2 aliphatic heterocycles. The van der Waals surface area contributed by atoms with Gasteiger partial charge in [-0.25, -0.2) is 9.18 Å². The van der Waals surface area contributed by atoms with Gasteiger partial charge in [-0.2, -0.15) is 0 Å². The van der Waals surface area contributed by atoms with Gasteiger partial charge in [0.05, 0.1) is 12.7 Å². The van der Waals surface area contributed by atoms with Crippen molar-refractivity contribution in [1.29, 1.82) is 0 Å². The minimum Gasteiger partial charge on any atom is -0.465 e. The van der Waals surface area contributed by atoms with E-state index in [1.165, 1.54) is 38.9 Å². The van der Waals surface area contributed by atoms with Crippen molar-refractivity contribution in [1.82, 2.24) is 10.2 Å². The fourth-order valence-electron chi connectivity index (χ4n) is 4.76. The maximum atomic E-state index is 14.5. The molecule has 0 unspecified atom stereocenters. The number of nitrogens with one attached hydrogen (secondary N) is 1. The molecule has 0 atom stereocenters. The predicted octanol–water partition coefficient (Wildman–Crippen LogP) is 2.50. The SMILES string of the molecule is COC(=O)c1cc(F)c2c(c1)CCN(C1CC3(CCCNC3)C1)C2. The van der Waals surface area contributed by atoms with Gasteiger partial charge in [0.15, 0.2) is 0 Å². The monoisotopic (exact) mass is 332 g/mol. The van der Waals surface area contributed by atoms with Crippen molar-refractivity contribution in [3.63, 3.8) is 0 Å². The average molecular weight is 332 g/mol. The highest BCUT2D eigenvalue weighted by Crippen LogP contribution is 2.48. The fourth-order valence-corrected chi connectivity index (χ4v) is 4.76. The number of piperidine rings is 1. The largest absolute Gasteiger partial charge is 0.465 e. The van der Waals surface area contributed by atoms with E-state index in [4.69, 9.17) is 4.74 Å². The van der Waals surface area contributed by atoms with E-state index in [-0.39, 0.29) is 5.82 Å². The summed E-state index contributed by atoms with van der Waals surface area (Å²) in [6.45, 7) is 3.91. The molecule has 2 fully saturated rings. The first kappa shape index (κ1) is 16.0. The number of halogens is 1. The minimum atomic E-state index is -0.468. The summed E-state index contributed by atoms with van der Waals surface area (Å²) in [6.07, 6.45) is 5.88. The molecule has 1 spiro atoms. The molecule has 1 aromatic rings. The second-order valence-electron chi connectivity index (χ2n) is 7.65. The number of rotatable bonds is 2. The topological polar surface area (TPSA) is 41.6 Å². The molecular formula is C19H25FN2O2. The highest BCUT2D eigenvalue weighted by atomic mass is 19.1. The zero-order chi connectivity index (χ0) is 16.7. The number of methoxy groups -OCH3 is 1. The summed E-state index contributed by atoms with van der Waals surface area (Å²) in [4.78, 5) is 14.1. The molecule has 1 saturated carbocycles. The quantitative estimate of drug-likeness (QED) is 0.845. The van der Waals surface area contributed by atoms with Gasteiger partial charge in [-0.1, -0.05) is 0 Å². The molecule has 2 heterocycles. The summed E-state index contributed by atoms with van der Waals surface area (Å²) in [6, 6.07) is 3.70. The Bertz CT molecular complexity index is 647. The van der Waals surface area contributed by atoms with Crippen LogP contribution in [0.3, 0.4) is 0 Å². The molecule has 3 aliphatic rings. The summed E-state index contributed by atoms with van der Waals surface area (Å²) in [5.41, 5.74) is 2.53. The Labute approximate surface area is 142 Å². The van der Waals surface area contributed by atoms with Crippen LogP contribution in [0.25, 0.3) is 0 Å². The summed E-state index contributed by atoms with van der Waals surface area (Å²) in [7, 11) is 1.33. The molecule has 0 aromatic heterocycles. The van der Waals surface area contributed by atoms with Crippen molar-refractivity contribution in [2.24, 2.45) is 5.41 Å². The number of hydrogen-bond donors (Lipinski definition) is 1. The Hall–Kier alpha value is -1.46. The van der Waals surface area contributed by atoms with Crippen LogP contribution in [-0.4, -0.2) is 43.7 Å². The van der Waals surface area contributed by atoms with Gasteiger partial charge in [-0.3, -0.25) is 4.90 Å². The standard InChI is InChI=1S/C19H25FN2O2/c1-24-18(23)14-7-13-3-6-22(11-16(13)17(20)8-14)15-9-19(10-15)4-2-5-21-12-19/h7-8,15,21H,2-6,9-12H2,1H3. The van der Waals surface area contributed by atoms with Crippen LogP contribution in [-0.2, 0) is 17.7 Å². The lowest BCUT2D eigenvalue weighted by Crippen LogP contribution is -2.57. The van der Waals surface area contributed by atoms with Gasteiger partial charge in [0.2, 0.25) is 0 Å². The summed E-state index contributed by atoms with van der Waals surface area (Å²) >= 11 is 0. The maximum Gasteiger partial charge on any atom is 0.337 e. The summed E-state index contributed by atoms with van der Waals surface area (Å²) in [5.74, 6) is -0.740. The van der Waals surface area contributed by atoms with Crippen molar-refractivity contribution in [2.45, 2.75) is 44.7 Å². The fraction of sp³-hybridized carbons (Fsp3) is 0.632. The van der Waals surface area contributed by atoms with E-state index >= 15 is 0 Å². The van der Waals surface area contributed by atoms with Gasteiger partial charge in [-0.15, -0.1) is 0 Å². The molecule has 1 N–H and O–H groups in total. The number of benzene rings is 1. The second kappa shape index (κ2) is 6.12. The predicted molar refractivity (Wildman–Crippen MR) is 89.4 cm³/mol. The van der Waals surface area contributed by atoms with E-state index in [1.807, 2.05) is 0 Å². The van der Waals surface area contributed by atoms with Crippen LogP contribution in [0.4, 0.5) is 4.39 Å². The molecule has 1 aliphatic carbocycles. The van der Waals surface area contributed by atoms with Crippen molar-refractivity contribution in [2.75, 3.05) is 26.7 Å². The third-order valence-electron chi connectivity index (χ3n) is 6.15. The van der Waals surface area contributed by atoms with Crippen LogP contribution in [0.2, 0.25) is 0 Å². The Morgan fingerprint density at radius 1 is 1.42 bits per heavy atom. The minimum absolute atomic E-state index is 0.272. The molecule has 24 heavy (non-hydrogen) atoms. The lowest BCUT2D eigenvalue weighted by Gasteiger charge is -2.54. The Balaban J connectivity index is 1.46. The first-order valence-corrected chi connectivity index (χ1v) is 8.95. The molecule has 1 aromatic carbocycles. The lowest BCUT2D eigenvalue weighted by atomic mass is 9.61. The smallest absolute Gasteiger partial charge is 0.337 e. The van der Waals surface area contributed by atoms with E-state index in [9.17, 15) is 9.18 Å². The van der Waals surface area contributed by atoms with Crippen LogP contribution >= 0.6 is 0 Å². The molecule has 5 heteroatoms. The third kappa shape index (κ3) is 2.74. The molecular weight excluding hydrogens is 307 g/mol. The first-order chi connectivity index (χ1) is 11.6. The van der Waals surface area contributed by atoms with Crippen LogP contribution in [0.5, 0.6) is 0 Å². The normalized spacial score (nSPS) is 29.8. The van der Waals surface area contributed by atoms with Crippen LogP contribution in [0.15, 0.2) is 12.1 Å². The number of carbonyl (C=O) groups excluding carboxylic acids is 1. The van der Waals surface area contributed by atoms with Gasteiger partial charge < -0.3 is 10.1 Å². The van der Waals surface area contributed by atoms with Crippen molar-refractivity contribution in [3.05, 3.63) is 34.6 Å². The summed E-state index contributed by atoms with van der Waals surface area (Å²) in [5, 5.41) is 3.53. The number of nitrogens with zero attached hydrogens (tertiary/aromatic N) is 1. The molecule has 0 amide bonds. The van der Waals surface area contributed by atoms with Crippen molar-refractivity contribution in [3.8, 4) is 0 Å². The van der Waals surface area contributed by atoms with Gasteiger partial charge in [0, 0.05) is 31.2 Å². The zero-order valence-electron chi connectivity index (χ0n) is 14.2. The van der Waals surface area contributed by atoms with Gasteiger partial charge >= 0.3 is 5.97 Å². The highest BCUT2D eigenvalue weighted by Gasteiger charge is 2.47. The zero-order valence-corrected chi connectivity index (χ0v) is 14.2. The number of ether oxygens (including phenoxy) is 1. The Morgan fingerprint density at radius 2 is 2.25 bits per heavy atom. The van der Waals surface area contributed by atoms with Gasteiger partial charge in [-0.05, 0) is 61.8 Å². The molecule has 1 saturated heterocycles.